The van der Waals surface area contributed by atoms with Crippen LogP contribution >= 0.6 is 15.9 Å². The van der Waals surface area contributed by atoms with Gasteiger partial charge in [0.2, 0.25) is 0 Å². The normalized spacial score (nSPS) is 12.9. The minimum absolute atomic E-state index is 0.530. The van der Waals surface area contributed by atoms with Gasteiger partial charge in [-0.05, 0) is 35.8 Å². The second-order valence-corrected chi connectivity index (χ2v) is 5.33. The largest absolute Gasteiger partial charge is 0.469 e. The number of nitrogens with zero attached hydrogens (tertiary/aromatic N) is 2. The van der Waals surface area contributed by atoms with Crippen molar-refractivity contribution in [1.82, 2.24) is 9.78 Å². The summed E-state index contributed by atoms with van der Waals surface area (Å²) in [4.78, 5) is 0. The Morgan fingerprint density at radius 1 is 1.47 bits per heavy atom. The van der Waals surface area contributed by atoms with Gasteiger partial charge in [-0.1, -0.05) is 6.92 Å². The van der Waals surface area contributed by atoms with Crippen LogP contribution in [-0.2, 0) is 19.4 Å². The summed E-state index contributed by atoms with van der Waals surface area (Å²) in [7, 11) is 0. The van der Waals surface area contributed by atoms with E-state index in [9.17, 15) is 5.11 Å². The average molecular weight is 327 g/mol. The second kappa shape index (κ2) is 5.92. The fourth-order valence-corrected chi connectivity index (χ4v) is 2.74. The van der Waals surface area contributed by atoms with Crippen LogP contribution in [0.4, 0.5) is 0 Å². The molecule has 2 aromatic rings. The predicted molar refractivity (Wildman–Crippen MR) is 77.1 cm³/mol. The lowest BCUT2D eigenvalue weighted by Gasteiger charge is -2.12. The van der Waals surface area contributed by atoms with Crippen LogP contribution in [0.3, 0.4) is 0 Å². The minimum atomic E-state index is -0.564. The van der Waals surface area contributed by atoms with Gasteiger partial charge in [-0.15, -0.1) is 0 Å². The Morgan fingerprint density at radius 3 is 2.84 bits per heavy atom. The Labute approximate surface area is 121 Å². The van der Waals surface area contributed by atoms with Crippen LogP contribution in [0.1, 0.15) is 42.7 Å². The number of aliphatic hydroxyl groups is 1. The van der Waals surface area contributed by atoms with Crippen molar-refractivity contribution in [1.29, 1.82) is 0 Å². The van der Waals surface area contributed by atoms with Crippen LogP contribution < -0.4 is 0 Å². The molecule has 1 atom stereocenters. The third kappa shape index (κ3) is 2.77. The highest BCUT2D eigenvalue weighted by Gasteiger charge is 2.20. The van der Waals surface area contributed by atoms with Crippen LogP contribution in [-0.4, -0.2) is 14.9 Å². The van der Waals surface area contributed by atoms with Gasteiger partial charge in [0, 0.05) is 24.9 Å². The van der Waals surface area contributed by atoms with E-state index in [2.05, 4.69) is 21.0 Å². The van der Waals surface area contributed by atoms with Crippen molar-refractivity contribution in [3.05, 3.63) is 39.5 Å². The Bertz CT molecular complexity index is 560. The summed E-state index contributed by atoms with van der Waals surface area (Å²) >= 11 is 3.55. The predicted octanol–water partition coefficient (Wildman–Crippen LogP) is 3.41. The summed E-state index contributed by atoms with van der Waals surface area (Å²) in [5.74, 6) is 0.850. The maximum atomic E-state index is 10.4. The number of aryl methyl sites for hydroxylation is 3. The zero-order chi connectivity index (χ0) is 14.0. The van der Waals surface area contributed by atoms with Crippen LogP contribution in [0.5, 0.6) is 0 Å². The van der Waals surface area contributed by atoms with Gasteiger partial charge < -0.3 is 9.52 Å². The fraction of sp³-hybridized carbons (Fsp3) is 0.500. The van der Waals surface area contributed by atoms with Crippen molar-refractivity contribution in [3.8, 4) is 0 Å². The van der Waals surface area contributed by atoms with E-state index in [1.807, 2.05) is 31.5 Å². The molecule has 0 amide bonds. The van der Waals surface area contributed by atoms with Gasteiger partial charge in [0.05, 0.1) is 28.2 Å². The van der Waals surface area contributed by atoms with Gasteiger partial charge >= 0.3 is 0 Å². The number of halogens is 1. The maximum absolute atomic E-state index is 10.4. The first-order chi connectivity index (χ1) is 9.08. The molecule has 0 bridgehead atoms. The topological polar surface area (TPSA) is 51.2 Å². The van der Waals surface area contributed by atoms with E-state index in [-0.39, 0.29) is 0 Å². The first-order valence-electron chi connectivity index (χ1n) is 6.54. The number of hydrogen-bond donors (Lipinski definition) is 1. The van der Waals surface area contributed by atoms with Gasteiger partial charge in [0.15, 0.2) is 0 Å². The third-order valence-corrected chi connectivity index (χ3v) is 4.33. The number of furan rings is 1. The summed E-state index contributed by atoms with van der Waals surface area (Å²) in [6, 6.07) is 1.84. The zero-order valence-corrected chi connectivity index (χ0v) is 13.1. The number of aromatic nitrogens is 2. The van der Waals surface area contributed by atoms with Crippen LogP contribution in [0.25, 0.3) is 0 Å². The number of aliphatic hydroxyl groups excluding tert-OH is 1. The van der Waals surface area contributed by atoms with Crippen LogP contribution in [0.15, 0.2) is 21.2 Å². The zero-order valence-electron chi connectivity index (χ0n) is 11.5. The Kier molecular flexibility index (Phi) is 4.47. The molecule has 1 unspecified atom stereocenters. The molecule has 4 nitrogen and oxygen atoms in total. The van der Waals surface area contributed by atoms with Crippen molar-refractivity contribution in [2.75, 3.05) is 0 Å². The highest BCUT2D eigenvalue weighted by Crippen LogP contribution is 2.28. The van der Waals surface area contributed by atoms with Gasteiger partial charge in [0.25, 0.3) is 0 Å². The first-order valence-corrected chi connectivity index (χ1v) is 7.33. The number of hydrogen-bond acceptors (Lipinski definition) is 3. The second-order valence-electron chi connectivity index (χ2n) is 4.53. The molecule has 2 aromatic heterocycles. The Hall–Kier alpha value is -1.07. The molecule has 1 N–H and O–H groups in total. The minimum Gasteiger partial charge on any atom is -0.469 e. The molecule has 104 valence electrons. The molecule has 0 aromatic carbocycles. The van der Waals surface area contributed by atoms with Gasteiger partial charge in [-0.25, -0.2) is 0 Å². The molecule has 0 aliphatic carbocycles. The molecule has 19 heavy (non-hydrogen) atoms. The Balaban J connectivity index is 2.26. The third-order valence-electron chi connectivity index (χ3n) is 3.30. The summed E-state index contributed by atoms with van der Waals surface area (Å²) in [6.07, 6.45) is 2.38. The van der Waals surface area contributed by atoms with Gasteiger partial charge in [-0.2, -0.15) is 5.10 Å². The van der Waals surface area contributed by atoms with Crippen molar-refractivity contribution >= 4 is 15.9 Å². The van der Waals surface area contributed by atoms with E-state index >= 15 is 0 Å². The summed E-state index contributed by atoms with van der Waals surface area (Å²) in [5, 5.41) is 14.8. The quantitative estimate of drug-likeness (QED) is 0.916. The van der Waals surface area contributed by atoms with Crippen LogP contribution in [0.2, 0.25) is 0 Å². The van der Waals surface area contributed by atoms with Crippen molar-refractivity contribution in [2.24, 2.45) is 0 Å². The molecule has 0 aliphatic heterocycles. The number of rotatable bonds is 5. The smallest absolute Gasteiger partial charge is 0.109 e. The lowest BCUT2D eigenvalue weighted by molar-refractivity contribution is 0.172. The molecule has 5 heteroatoms. The SMILES string of the molecule is CCc1occc1C(O)Cc1c(Br)c(C)nn1CC. The molecule has 0 saturated heterocycles. The molecule has 0 aliphatic rings. The highest BCUT2D eigenvalue weighted by atomic mass is 79.9. The van der Waals surface area contributed by atoms with Gasteiger partial charge in [0.1, 0.15) is 5.76 Å². The van der Waals surface area contributed by atoms with E-state index in [1.165, 1.54) is 0 Å². The molecule has 2 heterocycles. The van der Waals surface area contributed by atoms with E-state index < -0.39 is 6.10 Å². The van der Waals surface area contributed by atoms with Crippen LogP contribution in [0, 0.1) is 6.92 Å². The molecular weight excluding hydrogens is 308 g/mol. The first kappa shape index (κ1) is 14.3. The van der Waals surface area contributed by atoms with Gasteiger partial charge in [-0.3, -0.25) is 4.68 Å². The molecule has 0 fully saturated rings. The lowest BCUT2D eigenvalue weighted by atomic mass is 10.0. The maximum Gasteiger partial charge on any atom is 0.109 e. The molecule has 2 rings (SSSR count). The molecular formula is C14H19BrN2O2. The molecule has 0 radical (unpaired) electrons. The molecule has 0 saturated carbocycles. The average Bonchev–Trinajstić information content (AvgIpc) is 2.98. The van der Waals surface area contributed by atoms with Crippen molar-refractivity contribution in [2.45, 2.75) is 46.3 Å². The van der Waals surface area contributed by atoms with E-state index in [0.29, 0.717) is 6.42 Å². The summed E-state index contributed by atoms with van der Waals surface area (Å²) < 4.78 is 8.28. The van der Waals surface area contributed by atoms with Crippen molar-refractivity contribution < 1.29 is 9.52 Å². The summed E-state index contributed by atoms with van der Waals surface area (Å²) in [6.45, 7) is 6.82. The highest BCUT2D eigenvalue weighted by molar-refractivity contribution is 9.10. The lowest BCUT2D eigenvalue weighted by Crippen LogP contribution is -2.09. The monoisotopic (exact) mass is 326 g/mol. The molecule has 0 spiro atoms. The fourth-order valence-electron chi connectivity index (χ4n) is 2.29. The van der Waals surface area contributed by atoms with Crippen molar-refractivity contribution in [3.63, 3.8) is 0 Å². The van der Waals surface area contributed by atoms with E-state index in [4.69, 9.17) is 4.42 Å². The van der Waals surface area contributed by atoms with E-state index in [1.54, 1.807) is 6.26 Å². The van der Waals surface area contributed by atoms with E-state index in [0.717, 1.165) is 40.1 Å². The standard InChI is InChI=1S/C14H19BrN2O2/c1-4-13-10(6-7-19-13)12(18)8-11-14(15)9(3)16-17(11)5-2/h6-7,12,18H,4-5,8H2,1-3H3. The summed E-state index contributed by atoms with van der Waals surface area (Å²) in [5.41, 5.74) is 2.85. The Morgan fingerprint density at radius 2 is 2.21 bits per heavy atom.